The lowest BCUT2D eigenvalue weighted by atomic mass is 9.95. The molecule has 2 aromatic rings. The van der Waals surface area contributed by atoms with E-state index in [2.05, 4.69) is 31.8 Å². The second-order valence-corrected chi connectivity index (χ2v) is 7.27. The summed E-state index contributed by atoms with van der Waals surface area (Å²) in [5, 5.41) is 8.62. The third-order valence-corrected chi connectivity index (χ3v) is 5.72. The van der Waals surface area contributed by atoms with Crippen molar-refractivity contribution in [2.45, 2.75) is 19.8 Å². The molecule has 0 aliphatic carbocycles. The molecule has 4 rings (SSSR count). The van der Waals surface area contributed by atoms with E-state index in [1.807, 2.05) is 24.3 Å². The Morgan fingerprint density at radius 3 is 2.44 bits per heavy atom. The molecule has 2 aliphatic heterocycles. The predicted molar refractivity (Wildman–Crippen MR) is 103 cm³/mol. The summed E-state index contributed by atoms with van der Waals surface area (Å²) in [6.45, 7) is 8.67. The lowest BCUT2D eigenvalue weighted by molar-refractivity contribution is -0.137. The van der Waals surface area contributed by atoms with E-state index >= 15 is 0 Å². The van der Waals surface area contributed by atoms with Crippen molar-refractivity contribution in [2.75, 3.05) is 50.7 Å². The van der Waals surface area contributed by atoms with Crippen molar-refractivity contribution in [1.82, 2.24) is 20.0 Å². The number of piperidine rings is 1. The van der Waals surface area contributed by atoms with Crippen molar-refractivity contribution >= 4 is 11.7 Å². The Hall–Kier alpha value is -2.41. The maximum atomic E-state index is 12.8. The second-order valence-electron chi connectivity index (χ2n) is 7.27. The normalized spacial score (nSPS) is 19.4. The minimum absolute atomic E-state index is 0.143. The van der Waals surface area contributed by atoms with E-state index < -0.39 is 0 Å². The van der Waals surface area contributed by atoms with Gasteiger partial charge in [0.1, 0.15) is 5.69 Å². The maximum Gasteiger partial charge on any atom is 0.225 e. The quantitative estimate of drug-likeness (QED) is 0.822. The van der Waals surface area contributed by atoms with Crippen LogP contribution in [0.25, 0.3) is 11.5 Å². The van der Waals surface area contributed by atoms with Crippen LogP contribution in [0.5, 0.6) is 0 Å². The lowest BCUT2D eigenvalue weighted by Gasteiger charge is -2.38. The summed E-state index contributed by atoms with van der Waals surface area (Å²) in [4.78, 5) is 19.5. The van der Waals surface area contributed by atoms with E-state index in [1.165, 1.54) is 0 Å². The number of likely N-dealkylation sites (N-methyl/N-ethyl adjacent to an activating group) is 1. The number of nitrogens with zero attached hydrogens (tertiary/aromatic N) is 5. The predicted octanol–water partition coefficient (Wildman–Crippen LogP) is 2.12. The topological polar surface area (TPSA) is 65.7 Å². The highest BCUT2D eigenvalue weighted by Crippen LogP contribution is 2.25. The maximum absolute atomic E-state index is 12.8. The van der Waals surface area contributed by atoms with Gasteiger partial charge in [-0.05, 0) is 43.7 Å². The molecule has 0 atom stereocenters. The smallest absolute Gasteiger partial charge is 0.225 e. The van der Waals surface area contributed by atoms with E-state index in [4.69, 9.17) is 4.42 Å². The SMILES string of the molecule is CCN1CCN(C(=O)C2CCN(c3ccc(-c4ccco4)nn3)CC2)CC1. The van der Waals surface area contributed by atoms with Crippen LogP contribution in [0, 0.1) is 5.92 Å². The molecule has 2 aliphatic rings. The first-order valence-electron chi connectivity index (χ1n) is 9.88. The van der Waals surface area contributed by atoms with Gasteiger partial charge in [-0.1, -0.05) is 6.92 Å². The van der Waals surface area contributed by atoms with Crippen LogP contribution in [0.1, 0.15) is 19.8 Å². The van der Waals surface area contributed by atoms with Crippen LogP contribution >= 0.6 is 0 Å². The molecular weight excluding hydrogens is 342 g/mol. The molecule has 7 heteroatoms. The monoisotopic (exact) mass is 369 g/mol. The number of piperazine rings is 1. The molecule has 27 heavy (non-hydrogen) atoms. The van der Waals surface area contributed by atoms with Crippen molar-refractivity contribution in [3.63, 3.8) is 0 Å². The van der Waals surface area contributed by atoms with Gasteiger partial charge in [0.2, 0.25) is 5.91 Å². The number of rotatable bonds is 4. The standard InChI is InChI=1S/C20H27N5O2/c1-2-23-11-13-25(14-12-23)20(26)16-7-9-24(10-8-16)19-6-5-17(21-22-19)18-4-3-15-27-18/h3-6,15-16H,2,7-14H2,1H3. The molecular formula is C20H27N5O2. The molecule has 144 valence electrons. The van der Waals surface area contributed by atoms with Crippen LogP contribution in [-0.2, 0) is 4.79 Å². The van der Waals surface area contributed by atoms with Gasteiger partial charge >= 0.3 is 0 Å². The van der Waals surface area contributed by atoms with E-state index in [9.17, 15) is 4.79 Å². The van der Waals surface area contributed by atoms with Crippen molar-refractivity contribution < 1.29 is 9.21 Å². The third kappa shape index (κ3) is 3.98. The number of anilines is 1. The Morgan fingerprint density at radius 1 is 1.07 bits per heavy atom. The summed E-state index contributed by atoms with van der Waals surface area (Å²) in [5.41, 5.74) is 0.736. The number of hydrogen-bond donors (Lipinski definition) is 0. The molecule has 2 saturated heterocycles. The van der Waals surface area contributed by atoms with Crippen molar-refractivity contribution in [1.29, 1.82) is 0 Å². The van der Waals surface area contributed by atoms with Crippen molar-refractivity contribution in [2.24, 2.45) is 5.92 Å². The molecule has 1 amide bonds. The summed E-state index contributed by atoms with van der Waals surface area (Å²) < 4.78 is 5.36. The van der Waals surface area contributed by atoms with Gasteiger partial charge < -0.3 is 19.1 Å². The van der Waals surface area contributed by atoms with Crippen LogP contribution in [0.3, 0.4) is 0 Å². The van der Waals surface area contributed by atoms with Gasteiger partial charge in [0.15, 0.2) is 11.6 Å². The fourth-order valence-corrected chi connectivity index (χ4v) is 3.95. The Bertz CT molecular complexity index is 730. The zero-order chi connectivity index (χ0) is 18.6. The van der Waals surface area contributed by atoms with Gasteiger partial charge in [0.05, 0.1) is 6.26 Å². The van der Waals surface area contributed by atoms with Crippen LogP contribution < -0.4 is 4.90 Å². The van der Waals surface area contributed by atoms with Gasteiger partial charge in [-0.2, -0.15) is 0 Å². The molecule has 4 heterocycles. The van der Waals surface area contributed by atoms with Gasteiger partial charge in [-0.3, -0.25) is 4.79 Å². The zero-order valence-electron chi connectivity index (χ0n) is 15.9. The largest absolute Gasteiger partial charge is 0.463 e. The first-order chi connectivity index (χ1) is 13.2. The molecule has 0 aromatic carbocycles. The number of carbonyl (C=O) groups is 1. The summed E-state index contributed by atoms with van der Waals surface area (Å²) >= 11 is 0. The summed E-state index contributed by atoms with van der Waals surface area (Å²) in [6.07, 6.45) is 3.40. The minimum atomic E-state index is 0.143. The molecule has 0 N–H and O–H groups in total. The average Bonchev–Trinajstić information content (AvgIpc) is 3.28. The van der Waals surface area contributed by atoms with Crippen LogP contribution in [0.2, 0.25) is 0 Å². The summed E-state index contributed by atoms with van der Waals surface area (Å²) in [7, 11) is 0. The highest BCUT2D eigenvalue weighted by atomic mass is 16.3. The number of furan rings is 1. The molecule has 7 nitrogen and oxygen atoms in total. The van der Waals surface area contributed by atoms with E-state index in [-0.39, 0.29) is 5.92 Å². The van der Waals surface area contributed by atoms with Crippen LogP contribution in [0.15, 0.2) is 34.9 Å². The Morgan fingerprint density at radius 2 is 1.85 bits per heavy atom. The molecule has 0 radical (unpaired) electrons. The van der Waals surface area contributed by atoms with Gasteiger partial charge in [0.25, 0.3) is 0 Å². The average molecular weight is 369 g/mol. The Balaban J connectivity index is 1.30. The van der Waals surface area contributed by atoms with Crippen LogP contribution in [0.4, 0.5) is 5.82 Å². The number of amides is 1. The molecule has 2 fully saturated rings. The Labute approximate surface area is 159 Å². The van der Waals surface area contributed by atoms with E-state index in [0.29, 0.717) is 5.91 Å². The second kappa shape index (κ2) is 8.08. The van der Waals surface area contributed by atoms with Gasteiger partial charge in [0, 0.05) is 45.2 Å². The fourth-order valence-electron chi connectivity index (χ4n) is 3.95. The molecule has 0 saturated carbocycles. The van der Waals surface area contributed by atoms with Crippen molar-refractivity contribution in [3.8, 4) is 11.5 Å². The first-order valence-corrected chi connectivity index (χ1v) is 9.88. The Kier molecular flexibility index (Phi) is 5.38. The number of aromatic nitrogens is 2. The molecule has 2 aromatic heterocycles. The summed E-state index contributed by atoms with van der Waals surface area (Å²) in [6, 6.07) is 7.64. The van der Waals surface area contributed by atoms with E-state index in [0.717, 1.165) is 75.9 Å². The lowest BCUT2D eigenvalue weighted by Crippen LogP contribution is -2.51. The summed E-state index contributed by atoms with van der Waals surface area (Å²) in [5.74, 6) is 2.07. The number of carbonyl (C=O) groups excluding carboxylic acids is 1. The molecule has 0 unspecified atom stereocenters. The highest BCUT2D eigenvalue weighted by Gasteiger charge is 2.30. The zero-order valence-corrected chi connectivity index (χ0v) is 15.9. The minimum Gasteiger partial charge on any atom is -0.463 e. The van der Waals surface area contributed by atoms with E-state index in [1.54, 1.807) is 6.26 Å². The fraction of sp³-hybridized carbons (Fsp3) is 0.550. The third-order valence-electron chi connectivity index (χ3n) is 5.72. The number of hydrogen-bond acceptors (Lipinski definition) is 6. The first kappa shape index (κ1) is 18.0. The molecule has 0 bridgehead atoms. The van der Waals surface area contributed by atoms with Crippen LogP contribution in [-0.4, -0.2) is 71.7 Å². The van der Waals surface area contributed by atoms with Gasteiger partial charge in [-0.15, -0.1) is 10.2 Å². The molecule has 0 spiro atoms. The highest BCUT2D eigenvalue weighted by molar-refractivity contribution is 5.79. The van der Waals surface area contributed by atoms with Crippen molar-refractivity contribution in [3.05, 3.63) is 30.5 Å². The van der Waals surface area contributed by atoms with Gasteiger partial charge in [-0.25, -0.2) is 0 Å².